The molecule has 0 amide bonds. The number of aromatic nitrogens is 3. The van der Waals surface area contributed by atoms with Gasteiger partial charge in [-0.2, -0.15) is 0 Å². The molecule has 0 spiro atoms. The van der Waals surface area contributed by atoms with Crippen LogP contribution >= 0.6 is 0 Å². The minimum absolute atomic E-state index is 0.121. The van der Waals surface area contributed by atoms with Gasteiger partial charge in [-0.1, -0.05) is 6.92 Å². The first-order chi connectivity index (χ1) is 11.6. The number of nitrogens with zero attached hydrogens (tertiary/aromatic N) is 4. The van der Waals surface area contributed by atoms with Crippen molar-refractivity contribution in [1.29, 1.82) is 0 Å². The highest BCUT2D eigenvalue weighted by atomic mass is 16.3. The fourth-order valence-electron chi connectivity index (χ4n) is 3.12. The Morgan fingerprint density at radius 3 is 2.83 bits per heavy atom. The molecule has 0 aromatic carbocycles. The van der Waals surface area contributed by atoms with Crippen molar-refractivity contribution in [2.45, 2.75) is 52.8 Å². The van der Waals surface area contributed by atoms with Crippen LogP contribution < -0.4 is 0 Å². The average Bonchev–Trinajstić information content (AvgIpc) is 2.59. The summed E-state index contributed by atoms with van der Waals surface area (Å²) in [6.07, 6.45) is 6.43. The minimum atomic E-state index is -0.121. The third kappa shape index (κ3) is 3.39. The van der Waals surface area contributed by atoms with Crippen molar-refractivity contribution in [3.8, 4) is 5.75 Å². The lowest BCUT2D eigenvalue weighted by Crippen LogP contribution is -2.31. The Labute approximate surface area is 142 Å². The van der Waals surface area contributed by atoms with Gasteiger partial charge < -0.3 is 10.2 Å². The molecular weight excluding hydrogens is 304 g/mol. The summed E-state index contributed by atoms with van der Waals surface area (Å²) in [7, 11) is 0. The number of hydrogen-bond acceptors (Lipinski definition) is 6. The van der Waals surface area contributed by atoms with Gasteiger partial charge in [0.05, 0.1) is 12.3 Å². The van der Waals surface area contributed by atoms with Crippen molar-refractivity contribution in [3.05, 3.63) is 46.3 Å². The van der Waals surface area contributed by atoms with E-state index in [9.17, 15) is 10.2 Å². The number of pyridine rings is 1. The van der Waals surface area contributed by atoms with E-state index in [0.29, 0.717) is 17.8 Å². The van der Waals surface area contributed by atoms with Crippen LogP contribution in [0.2, 0.25) is 0 Å². The third-order valence-electron chi connectivity index (χ3n) is 4.52. The summed E-state index contributed by atoms with van der Waals surface area (Å²) in [6, 6.07) is 0. The van der Waals surface area contributed by atoms with Gasteiger partial charge in [-0.05, 0) is 13.3 Å². The second-order valence-corrected chi connectivity index (χ2v) is 6.32. The highest BCUT2D eigenvalue weighted by molar-refractivity contribution is 5.40. The van der Waals surface area contributed by atoms with Crippen molar-refractivity contribution >= 4 is 0 Å². The van der Waals surface area contributed by atoms with Gasteiger partial charge in [-0.3, -0.25) is 9.88 Å². The first-order valence-corrected chi connectivity index (χ1v) is 8.45. The molecule has 0 saturated heterocycles. The first kappa shape index (κ1) is 16.8. The smallest absolute Gasteiger partial charge is 0.141 e. The molecule has 24 heavy (non-hydrogen) atoms. The van der Waals surface area contributed by atoms with Crippen LogP contribution in [0.3, 0.4) is 0 Å². The zero-order valence-electron chi connectivity index (χ0n) is 14.3. The number of fused-ring (bicyclic) bond motifs is 1. The molecule has 2 aromatic heterocycles. The molecule has 3 heterocycles. The van der Waals surface area contributed by atoms with Crippen molar-refractivity contribution in [2.24, 2.45) is 0 Å². The van der Waals surface area contributed by atoms with Crippen LogP contribution in [0.25, 0.3) is 0 Å². The van der Waals surface area contributed by atoms with E-state index in [4.69, 9.17) is 0 Å². The highest BCUT2D eigenvalue weighted by Crippen LogP contribution is 2.27. The zero-order chi connectivity index (χ0) is 17.1. The molecule has 0 radical (unpaired) electrons. The molecular formula is C18H24N4O2. The van der Waals surface area contributed by atoms with E-state index >= 15 is 0 Å². The molecule has 0 bridgehead atoms. The van der Waals surface area contributed by atoms with E-state index in [1.807, 2.05) is 6.20 Å². The Hall–Kier alpha value is -2.05. The van der Waals surface area contributed by atoms with Gasteiger partial charge in [0.25, 0.3) is 0 Å². The number of aliphatic hydroxyl groups excluding tert-OH is 1. The molecule has 3 rings (SSSR count). The number of aryl methyl sites for hydroxylation is 2. The lowest BCUT2D eigenvalue weighted by atomic mass is 10.0. The van der Waals surface area contributed by atoms with Gasteiger partial charge >= 0.3 is 0 Å². The number of aromatic hydroxyl groups is 1. The molecule has 6 nitrogen and oxygen atoms in total. The first-order valence-electron chi connectivity index (χ1n) is 8.45. The fourth-order valence-corrected chi connectivity index (χ4v) is 3.12. The van der Waals surface area contributed by atoms with Gasteiger partial charge in [-0.25, -0.2) is 9.97 Å². The van der Waals surface area contributed by atoms with Gasteiger partial charge in [0.2, 0.25) is 0 Å². The second kappa shape index (κ2) is 7.23. The van der Waals surface area contributed by atoms with Crippen LogP contribution in [0.15, 0.2) is 12.4 Å². The predicted molar refractivity (Wildman–Crippen MR) is 90.4 cm³/mol. The number of aliphatic hydroxyl groups is 1. The lowest BCUT2D eigenvalue weighted by molar-refractivity contribution is 0.232. The molecule has 0 unspecified atom stereocenters. The summed E-state index contributed by atoms with van der Waals surface area (Å²) in [5, 5.41) is 19.8. The summed E-state index contributed by atoms with van der Waals surface area (Å²) in [4.78, 5) is 15.5. The lowest BCUT2D eigenvalue weighted by Gasteiger charge is -2.29. The maximum atomic E-state index is 10.3. The van der Waals surface area contributed by atoms with Gasteiger partial charge in [0.15, 0.2) is 0 Å². The van der Waals surface area contributed by atoms with Crippen molar-refractivity contribution in [1.82, 2.24) is 19.9 Å². The molecule has 0 aliphatic carbocycles. The SMILES string of the molecule is CCCc1ncc2c(n1)CCN(Cc1c(CO)cnc(C)c1O)C2. The van der Waals surface area contributed by atoms with Crippen LogP contribution in [0.1, 0.15) is 47.2 Å². The van der Waals surface area contributed by atoms with Gasteiger partial charge in [0, 0.05) is 67.3 Å². The summed E-state index contributed by atoms with van der Waals surface area (Å²) in [6.45, 7) is 6.00. The zero-order valence-corrected chi connectivity index (χ0v) is 14.3. The summed E-state index contributed by atoms with van der Waals surface area (Å²) in [5.41, 5.74) is 4.32. The van der Waals surface area contributed by atoms with E-state index in [1.165, 1.54) is 0 Å². The van der Waals surface area contributed by atoms with E-state index in [1.54, 1.807) is 13.1 Å². The molecule has 0 saturated carbocycles. The molecule has 128 valence electrons. The Balaban J connectivity index is 1.78. The van der Waals surface area contributed by atoms with E-state index < -0.39 is 0 Å². The highest BCUT2D eigenvalue weighted by Gasteiger charge is 2.21. The molecule has 6 heteroatoms. The van der Waals surface area contributed by atoms with Crippen molar-refractivity contribution < 1.29 is 10.2 Å². The van der Waals surface area contributed by atoms with Crippen LogP contribution in [-0.4, -0.2) is 36.6 Å². The monoisotopic (exact) mass is 328 g/mol. The maximum Gasteiger partial charge on any atom is 0.141 e. The molecule has 2 aromatic rings. The normalized spacial score (nSPS) is 14.6. The Bertz CT molecular complexity index is 733. The molecule has 0 atom stereocenters. The number of rotatable bonds is 5. The Morgan fingerprint density at radius 2 is 2.08 bits per heavy atom. The maximum absolute atomic E-state index is 10.3. The average molecular weight is 328 g/mol. The minimum Gasteiger partial charge on any atom is -0.506 e. The summed E-state index contributed by atoms with van der Waals surface area (Å²) in [5.74, 6) is 1.11. The summed E-state index contributed by atoms with van der Waals surface area (Å²) >= 11 is 0. The molecule has 1 aliphatic rings. The van der Waals surface area contributed by atoms with Crippen LogP contribution in [0.4, 0.5) is 0 Å². The standard InChI is InChI=1S/C18H24N4O2/c1-3-4-17-20-7-13-9-22(6-5-16(13)21-17)10-15-14(11-23)8-19-12(2)18(15)24/h7-8,23-24H,3-6,9-11H2,1-2H3. The van der Waals surface area contributed by atoms with E-state index in [-0.39, 0.29) is 12.4 Å². The molecule has 2 N–H and O–H groups in total. The number of hydrogen-bond donors (Lipinski definition) is 2. The van der Waals surface area contributed by atoms with E-state index in [2.05, 4.69) is 26.8 Å². The Morgan fingerprint density at radius 1 is 1.25 bits per heavy atom. The second-order valence-electron chi connectivity index (χ2n) is 6.32. The van der Waals surface area contributed by atoms with Gasteiger partial charge in [0.1, 0.15) is 11.6 Å². The third-order valence-corrected chi connectivity index (χ3v) is 4.52. The molecule has 1 aliphatic heterocycles. The predicted octanol–water partition coefficient (Wildman–Crippen LogP) is 1.89. The largest absolute Gasteiger partial charge is 0.506 e. The van der Waals surface area contributed by atoms with Crippen LogP contribution in [0, 0.1) is 6.92 Å². The van der Waals surface area contributed by atoms with Crippen molar-refractivity contribution in [3.63, 3.8) is 0 Å². The van der Waals surface area contributed by atoms with Crippen LogP contribution in [0.5, 0.6) is 5.75 Å². The van der Waals surface area contributed by atoms with Crippen LogP contribution in [-0.2, 0) is 32.5 Å². The summed E-state index contributed by atoms with van der Waals surface area (Å²) < 4.78 is 0. The quantitative estimate of drug-likeness (QED) is 0.872. The van der Waals surface area contributed by atoms with Gasteiger partial charge in [-0.15, -0.1) is 0 Å². The molecule has 0 fully saturated rings. The fraction of sp³-hybridized carbons (Fsp3) is 0.500. The van der Waals surface area contributed by atoms with Crippen molar-refractivity contribution in [2.75, 3.05) is 6.54 Å². The van der Waals surface area contributed by atoms with E-state index in [0.717, 1.165) is 55.0 Å². The Kier molecular flexibility index (Phi) is 5.06. The topological polar surface area (TPSA) is 82.4 Å².